The van der Waals surface area contributed by atoms with Gasteiger partial charge < -0.3 is 20.2 Å². The van der Waals surface area contributed by atoms with E-state index in [1.807, 2.05) is 14.1 Å². The summed E-state index contributed by atoms with van der Waals surface area (Å²) in [6.07, 6.45) is 3.30. The number of carbonyl (C=O) groups is 2. The Hall–Kier alpha value is -1.30. The molecule has 1 saturated carbocycles. The standard InChI is InChI=1S/C13H23N3O3/c1-15(2)9-6-7-16(8-9)13(19)14-11-5-3-4-10(11)12(17)18/h9-11H,3-8H2,1-2H3,(H,14,19)(H,17,18). The zero-order valence-corrected chi connectivity index (χ0v) is 11.6. The van der Waals surface area contributed by atoms with Crippen molar-refractivity contribution in [3.63, 3.8) is 0 Å². The van der Waals surface area contributed by atoms with Gasteiger partial charge in [-0.05, 0) is 33.4 Å². The zero-order valence-electron chi connectivity index (χ0n) is 11.6. The molecular formula is C13H23N3O3. The fourth-order valence-electron chi connectivity index (χ4n) is 3.03. The lowest BCUT2D eigenvalue weighted by Gasteiger charge is -2.24. The summed E-state index contributed by atoms with van der Waals surface area (Å²) in [5.74, 6) is -1.22. The summed E-state index contributed by atoms with van der Waals surface area (Å²) in [6, 6.07) is 0.0931. The molecule has 6 nitrogen and oxygen atoms in total. The third-order valence-corrected chi connectivity index (χ3v) is 4.32. The van der Waals surface area contributed by atoms with E-state index in [-0.39, 0.29) is 12.1 Å². The molecule has 108 valence electrons. The topological polar surface area (TPSA) is 72.9 Å². The molecule has 0 bridgehead atoms. The highest BCUT2D eigenvalue weighted by molar-refractivity contribution is 5.77. The lowest BCUT2D eigenvalue weighted by Crippen LogP contribution is -2.47. The van der Waals surface area contributed by atoms with E-state index >= 15 is 0 Å². The van der Waals surface area contributed by atoms with Gasteiger partial charge in [0, 0.05) is 25.2 Å². The predicted molar refractivity (Wildman–Crippen MR) is 71.0 cm³/mol. The van der Waals surface area contributed by atoms with Gasteiger partial charge in [0.2, 0.25) is 0 Å². The van der Waals surface area contributed by atoms with Crippen molar-refractivity contribution >= 4 is 12.0 Å². The second-order valence-electron chi connectivity index (χ2n) is 5.78. The summed E-state index contributed by atoms with van der Waals surface area (Å²) in [5.41, 5.74) is 0. The average molecular weight is 269 g/mol. The number of carboxylic acids is 1. The van der Waals surface area contributed by atoms with E-state index in [1.54, 1.807) is 4.90 Å². The Morgan fingerprint density at radius 3 is 2.58 bits per heavy atom. The van der Waals surface area contributed by atoms with Crippen molar-refractivity contribution in [3.8, 4) is 0 Å². The van der Waals surface area contributed by atoms with Crippen LogP contribution in [0.5, 0.6) is 0 Å². The largest absolute Gasteiger partial charge is 0.481 e. The molecule has 19 heavy (non-hydrogen) atoms. The van der Waals surface area contributed by atoms with Gasteiger partial charge in [-0.25, -0.2) is 4.79 Å². The Labute approximate surface area is 113 Å². The molecule has 3 unspecified atom stereocenters. The highest BCUT2D eigenvalue weighted by Crippen LogP contribution is 2.26. The van der Waals surface area contributed by atoms with E-state index < -0.39 is 11.9 Å². The van der Waals surface area contributed by atoms with Crippen molar-refractivity contribution in [2.45, 2.75) is 37.8 Å². The number of likely N-dealkylation sites (tertiary alicyclic amines) is 1. The van der Waals surface area contributed by atoms with Crippen LogP contribution in [-0.2, 0) is 4.79 Å². The number of nitrogens with one attached hydrogen (secondary N) is 1. The highest BCUT2D eigenvalue weighted by atomic mass is 16.4. The number of nitrogens with zero attached hydrogens (tertiary/aromatic N) is 2. The van der Waals surface area contributed by atoms with E-state index in [2.05, 4.69) is 10.2 Å². The molecule has 2 N–H and O–H groups in total. The summed E-state index contributed by atoms with van der Waals surface area (Å²) in [4.78, 5) is 27.1. The first-order chi connectivity index (χ1) is 8.99. The molecule has 2 amide bonds. The first-order valence-electron chi connectivity index (χ1n) is 6.93. The third-order valence-electron chi connectivity index (χ3n) is 4.32. The van der Waals surface area contributed by atoms with Gasteiger partial charge in [0.25, 0.3) is 0 Å². The smallest absolute Gasteiger partial charge is 0.317 e. The van der Waals surface area contributed by atoms with Crippen molar-refractivity contribution < 1.29 is 14.7 Å². The first-order valence-corrected chi connectivity index (χ1v) is 6.93. The fraction of sp³-hybridized carbons (Fsp3) is 0.846. The number of urea groups is 1. The van der Waals surface area contributed by atoms with Crippen molar-refractivity contribution in [1.82, 2.24) is 15.1 Å². The van der Waals surface area contributed by atoms with Gasteiger partial charge in [-0.2, -0.15) is 0 Å². The van der Waals surface area contributed by atoms with Gasteiger partial charge in [0.1, 0.15) is 0 Å². The Kier molecular flexibility index (Phi) is 4.29. The number of carbonyl (C=O) groups excluding carboxylic acids is 1. The van der Waals surface area contributed by atoms with E-state index in [9.17, 15) is 9.59 Å². The van der Waals surface area contributed by atoms with E-state index in [0.717, 1.165) is 32.4 Å². The summed E-state index contributed by atoms with van der Waals surface area (Å²) in [6.45, 7) is 1.47. The van der Waals surface area contributed by atoms with Crippen LogP contribution in [0.3, 0.4) is 0 Å². The van der Waals surface area contributed by atoms with E-state index in [1.165, 1.54) is 0 Å². The Morgan fingerprint density at radius 1 is 1.26 bits per heavy atom. The SMILES string of the molecule is CN(C)C1CCN(C(=O)NC2CCCC2C(=O)O)C1. The molecule has 0 aromatic heterocycles. The fourth-order valence-corrected chi connectivity index (χ4v) is 3.03. The number of aliphatic carboxylic acids is 1. The molecule has 1 saturated heterocycles. The van der Waals surface area contributed by atoms with Crippen LogP contribution in [0.15, 0.2) is 0 Å². The average Bonchev–Trinajstić information content (AvgIpc) is 2.96. The number of carboxylic acid groups (broad SMARTS) is 1. The second-order valence-corrected chi connectivity index (χ2v) is 5.78. The van der Waals surface area contributed by atoms with Gasteiger partial charge in [0.05, 0.1) is 5.92 Å². The van der Waals surface area contributed by atoms with E-state index in [0.29, 0.717) is 12.5 Å². The molecule has 6 heteroatoms. The normalized spacial score (nSPS) is 30.9. The Bertz CT molecular complexity index is 359. The van der Waals surface area contributed by atoms with Gasteiger partial charge >= 0.3 is 12.0 Å². The van der Waals surface area contributed by atoms with E-state index in [4.69, 9.17) is 5.11 Å². The molecule has 2 rings (SSSR count). The number of amides is 2. The van der Waals surface area contributed by atoms with Crippen LogP contribution in [0.1, 0.15) is 25.7 Å². The lowest BCUT2D eigenvalue weighted by atomic mass is 10.0. The van der Waals surface area contributed by atoms with Gasteiger partial charge in [-0.1, -0.05) is 6.42 Å². The third kappa shape index (κ3) is 3.18. The highest BCUT2D eigenvalue weighted by Gasteiger charge is 2.36. The minimum Gasteiger partial charge on any atom is -0.481 e. The van der Waals surface area contributed by atoms with Crippen molar-refractivity contribution in [1.29, 1.82) is 0 Å². The molecule has 0 radical (unpaired) electrons. The summed E-state index contributed by atoms with van der Waals surface area (Å²) in [5, 5.41) is 12.0. The monoisotopic (exact) mass is 269 g/mol. The molecule has 1 heterocycles. The van der Waals surface area contributed by atoms with Crippen LogP contribution in [-0.4, -0.2) is 66.2 Å². The Balaban J connectivity index is 1.86. The predicted octanol–water partition coefficient (Wildman–Crippen LogP) is 0.585. The van der Waals surface area contributed by atoms with Gasteiger partial charge in [-0.3, -0.25) is 4.79 Å². The van der Waals surface area contributed by atoms with Crippen LogP contribution in [0.2, 0.25) is 0 Å². The molecule has 0 spiro atoms. The Morgan fingerprint density at radius 2 is 2.00 bits per heavy atom. The van der Waals surface area contributed by atoms with Gasteiger partial charge in [0.15, 0.2) is 0 Å². The second kappa shape index (κ2) is 5.77. The molecule has 1 aliphatic heterocycles. The zero-order chi connectivity index (χ0) is 14.0. The van der Waals surface area contributed by atoms with Crippen LogP contribution >= 0.6 is 0 Å². The van der Waals surface area contributed by atoms with Crippen LogP contribution in [0.25, 0.3) is 0 Å². The number of likely N-dealkylation sites (N-methyl/N-ethyl adjacent to an activating group) is 1. The lowest BCUT2D eigenvalue weighted by molar-refractivity contribution is -0.142. The van der Waals surface area contributed by atoms with Crippen LogP contribution in [0, 0.1) is 5.92 Å². The summed E-state index contributed by atoms with van der Waals surface area (Å²) < 4.78 is 0. The minimum absolute atomic E-state index is 0.109. The summed E-state index contributed by atoms with van der Waals surface area (Å²) >= 11 is 0. The molecule has 2 aliphatic rings. The number of hydrogen-bond donors (Lipinski definition) is 2. The minimum atomic E-state index is -0.796. The van der Waals surface area contributed by atoms with Crippen molar-refractivity contribution in [3.05, 3.63) is 0 Å². The maximum atomic E-state index is 12.1. The molecular weight excluding hydrogens is 246 g/mol. The maximum Gasteiger partial charge on any atom is 0.317 e. The molecule has 2 fully saturated rings. The van der Waals surface area contributed by atoms with Gasteiger partial charge in [-0.15, -0.1) is 0 Å². The molecule has 3 atom stereocenters. The van der Waals surface area contributed by atoms with Crippen molar-refractivity contribution in [2.75, 3.05) is 27.2 Å². The summed E-state index contributed by atoms with van der Waals surface area (Å²) in [7, 11) is 4.03. The molecule has 1 aliphatic carbocycles. The molecule has 0 aromatic rings. The van der Waals surface area contributed by atoms with Crippen LogP contribution in [0.4, 0.5) is 4.79 Å². The molecule has 0 aromatic carbocycles. The number of hydrogen-bond acceptors (Lipinski definition) is 3. The number of rotatable bonds is 3. The first kappa shape index (κ1) is 14.1. The maximum absolute atomic E-state index is 12.1. The van der Waals surface area contributed by atoms with Crippen molar-refractivity contribution in [2.24, 2.45) is 5.92 Å². The van der Waals surface area contributed by atoms with Crippen LogP contribution < -0.4 is 5.32 Å². The quantitative estimate of drug-likeness (QED) is 0.786.